The van der Waals surface area contributed by atoms with Crippen LogP contribution in [0.2, 0.25) is 0 Å². The van der Waals surface area contributed by atoms with Gasteiger partial charge in [0, 0.05) is 31.3 Å². The van der Waals surface area contributed by atoms with Crippen molar-refractivity contribution in [3.63, 3.8) is 0 Å². The van der Waals surface area contributed by atoms with Gasteiger partial charge in [-0.15, -0.1) is 0 Å². The second-order valence-electron chi connectivity index (χ2n) is 21.3. The molecule has 0 bridgehead atoms. The molecule has 8 aliphatic rings. The smallest absolute Gasteiger partial charge is 0.187 e. The lowest BCUT2D eigenvalue weighted by atomic mass is 9.46. The Labute approximate surface area is 375 Å². The highest BCUT2D eigenvalue weighted by atomic mass is 16.8. The standard InChI is InChI=1S/C46H76O18/c1-19(18-58-41-38(55)36(53)34(51)29(17-47)61-41)10-13-46(57-7)20(2)31-28(64-46)16-27-25-9-8-23-14-24(48)15-30(45(23,6)26(25)11-12-44(27,31)5)62-43-40(37(54)33(50)22(4)60-43)63-42-39(56)35(52)32(49)21(3)59-42/h8,19-22,24-43,47-56H,9-18H2,1-7H3. The fourth-order valence-corrected chi connectivity index (χ4v) is 13.9. The zero-order chi connectivity index (χ0) is 46.4. The predicted octanol–water partition coefficient (Wildman–Crippen LogP) is -0.179. The minimum atomic E-state index is -1.65. The number of allylic oxidation sites excluding steroid dienone is 1. The van der Waals surface area contributed by atoms with Crippen LogP contribution in [0.1, 0.15) is 92.9 Å². The zero-order valence-corrected chi connectivity index (χ0v) is 38.2. The summed E-state index contributed by atoms with van der Waals surface area (Å²) in [5.74, 6) is 0.298. The Kier molecular flexibility index (Phi) is 14.5. The number of fused-ring (bicyclic) bond motifs is 7. The molecule has 3 saturated carbocycles. The van der Waals surface area contributed by atoms with Gasteiger partial charge in [0.1, 0.15) is 61.0 Å². The van der Waals surface area contributed by atoms with Gasteiger partial charge in [0.2, 0.25) is 0 Å². The van der Waals surface area contributed by atoms with Gasteiger partial charge in [-0.1, -0.05) is 39.3 Å². The molecule has 0 spiro atoms. The summed E-state index contributed by atoms with van der Waals surface area (Å²) in [7, 11) is 1.71. The average molecular weight is 917 g/mol. The molecule has 0 amide bonds. The molecule has 4 aliphatic carbocycles. The van der Waals surface area contributed by atoms with E-state index in [1.807, 2.05) is 6.92 Å². The molecular formula is C46H76O18. The van der Waals surface area contributed by atoms with Gasteiger partial charge < -0.3 is 89.0 Å². The molecule has 4 heterocycles. The van der Waals surface area contributed by atoms with Gasteiger partial charge in [-0.2, -0.15) is 0 Å². The van der Waals surface area contributed by atoms with Crippen molar-refractivity contribution >= 4 is 0 Å². The lowest BCUT2D eigenvalue weighted by Gasteiger charge is -2.60. The van der Waals surface area contributed by atoms with Crippen LogP contribution in [0.5, 0.6) is 0 Å². The fraction of sp³-hybridized carbons (Fsp3) is 0.957. The maximum absolute atomic E-state index is 11.4. The van der Waals surface area contributed by atoms with Gasteiger partial charge >= 0.3 is 0 Å². The third-order valence-corrected chi connectivity index (χ3v) is 17.7. The number of hydrogen-bond acceptors (Lipinski definition) is 18. The molecule has 10 N–H and O–H groups in total. The van der Waals surface area contributed by atoms with Crippen molar-refractivity contribution < 1.29 is 89.0 Å². The molecule has 18 nitrogen and oxygen atoms in total. The predicted molar refractivity (Wildman–Crippen MR) is 222 cm³/mol. The first-order chi connectivity index (χ1) is 30.2. The first-order valence-electron chi connectivity index (χ1n) is 23.7. The van der Waals surface area contributed by atoms with E-state index < -0.39 is 122 Å². The molecule has 368 valence electrons. The third-order valence-electron chi connectivity index (χ3n) is 17.7. The van der Waals surface area contributed by atoms with E-state index in [1.54, 1.807) is 14.0 Å². The lowest BCUT2D eigenvalue weighted by Crippen LogP contribution is -2.64. The molecule has 4 aliphatic heterocycles. The first-order valence-corrected chi connectivity index (χ1v) is 23.7. The number of aliphatic hydroxyl groups excluding tert-OH is 10. The molecule has 64 heavy (non-hydrogen) atoms. The van der Waals surface area contributed by atoms with Crippen LogP contribution in [0, 0.1) is 46.3 Å². The monoisotopic (exact) mass is 917 g/mol. The number of ether oxygens (including phenoxy) is 8. The van der Waals surface area contributed by atoms with E-state index in [1.165, 1.54) is 6.92 Å². The van der Waals surface area contributed by atoms with Crippen molar-refractivity contribution in [2.45, 2.75) is 209 Å². The van der Waals surface area contributed by atoms with Crippen molar-refractivity contribution in [2.24, 2.45) is 46.3 Å². The summed E-state index contributed by atoms with van der Waals surface area (Å²) >= 11 is 0. The normalized spacial score (nSPS) is 55.5. The van der Waals surface area contributed by atoms with Gasteiger partial charge in [0.15, 0.2) is 24.7 Å². The minimum Gasteiger partial charge on any atom is -0.394 e. The second kappa shape index (κ2) is 18.7. The largest absolute Gasteiger partial charge is 0.394 e. The molecule has 27 atom stereocenters. The molecule has 0 aromatic rings. The fourth-order valence-electron chi connectivity index (χ4n) is 13.9. The summed E-state index contributed by atoms with van der Waals surface area (Å²) in [6.45, 7) is 11.7. The number of methoxy groups -OCH3 is 1. The molecule has 8 rings (SSSR count). The Hall–Kier alpha value is -0.980. The number of rotatable bonds is 12. The number of aliphatic hydroxyl groups is 10. The van der Waals surface area contributed by atoms with Crippen LogP contribution < -0.4 is 0 Å². The van der Waals surface area contributed by atoms with Crippen molar-refractivity contribution in [1.82, 2.24) is 0 Å². The van der Waals surface area contributed by atoms with Gasteiger partial charge in [-0.25, -0.2) is 0 Å². The van der Waals surface area contributed by atoms with E-state index in [9.17, 15) is 51.1 Å². The minimum absolute atomic E-state index is 0.00208. The maximum atomic E-state index is 11.4. The lowest BCUT2D eigenvalue weighted by molar-refractivity contribution is -0.371. The van der Waals surface area contributed by atoms with E-state index in [0.717, 1.165) is 31.3 Å². The summed E-state index contributed by atoms with van der Waals surface area (Å²) in [6.07, 6.45) is -13.2. The maximum Gasteiger partial charge on any atom is 0.187 e. The molecule has 7 fully saturated rings. The summed E-state index contributed by atoms with van der Waals surface area (Å²) in [6, 6.07) is 0. The number of hydrogen-bond donors (Lipinski definition) is 10. The van der Waals surface area contributed by atoms with Crippen LogP contribution >= 0.6 is 0 Å². The highest BCUT2D eigenvalue weighted by Crippen LogP contribution is 2.70. The van der Waals surface area contributed by atoms with E-state index in [-0.39, 0.29) is 47.7 Å². The molecule has 0 aromatic carbocycles. The summed E-state index contributed by atoms with van der Waals surface area (Å²) in [5.41, 5.74) is 0.559. The molecular weight excluding hydrogens is 840 g/mol. The SMILES string of the molecule is COC1(CCC(C)COC2OC(CO)C(O)C(O)C2O)OC2CC3C4CC=C5CC(O)CC(OC6OC(C)C(O)C(O)C6OC6OC(C)C(O)C(O)C6O)C5(C)C4CCC3(C)C2C1C. The van der Waals surface area contributed by atoms with Gasteiger partial charge in [-0.05, 0) is 87.4 Å². The molecule has 0 radical (unpaired) electrons. The van der Waals surface area contributed by atoms with Crippen molar-refractivity contribution in [3.8, 4) is 0 Å². The summed E-state index contributed by atoms with van der Waals surface area (Å²) in [4.78, 5) is 0. The summed E-state index contributed by atoms with van der Waals surface area (Å²) in [5, 5.41) is 106. The van der Waals surface area contributed by atoms with Crippen molar-refractivity contribution in [3.05, 3.63) is 11.6 Å². The highest BCUT2D eigenvalue weighted by Gasteiger charge is 2.69. The quantitative estimate of drug-likeness (QED) is 0.114. The van der Waals surface area contributed by atoms with Crippen molar-refractivity contribution in [2.75, 3.05) is 20.3 Å². The van der Waals surface area contributed by atoms with Crippen LogP contribution in [-0.4, -0.2) is 188 Å². The highest BCUT2D eigenvalue weighted by molar-refractivity contribution is 5.29. The first kappa shape index (κ1) is 49.4. The summed E-state index contributed by atoms with van der Waals surface area (Å²) < 4.78 is 49.7. The van der Waals surface area contributed by atoms with Crippen LogP contribution in [0.15, 0.2) is 11.6 Å². The van der Waals surface area contributed by atoms with Crippen LogP contribution in [-0.2, 0) is 37.9 Å². The van der Waals surface area contributed by atoms with E-state index in [0.29, 0.717) is 31.6 Å². The molecule has 0 aromatic heterocycles. The Bertz CT molecular complexity index is 1640. The van der Waals surface area contributed by atoms with E-state index in [4.69, 9.17) is 37.9 Å². The van der Waals surface area contributed by atoms with Crippen LogP contribution in [0.3, 0.4) is 0 Å². The Morgan fingerprint density at radius 1 is 0.766 bits per heavy atom. The zero-order valence-electron chi connectivity index (χ0n) is 38.2. The average Bonchev–Trinajstić information content (AvgIpc) is 3.72. The van der Waals surface area contributed by atoms with Gasteiger partial charge in [0.05, 0.1) is 43.7 Å². The molecule has 4 saturated heterocycles. The molecule has 18 heteroatoms. The van der Waals surface area contributed by atoms with E-state index >= 15 is 0 Å². The van der Waals surface area contributed by atoms with Crippen LogP contribution in [0.25, 0.3) is 0 Å². The molecule has 27 unspecified atom stereocenters. The topological polar surface area (TPSA) is 276 Å². The second-order valence-corrected chi connectivity index (χ2v) is 21.3. The van der Waals surface area contributed by atoms with Gasteiger partial charge in [0.25, 0.3) is 0 Å². The Morgan fingerprint density at radius 2 is 1.42 bits per heavy atom. The Balaban J connectivity index is 0.956. The van der Waals surface area contributed by atoms with Gasteiger partial charge in [-0.3, -0.25) is 0 Å². The Morgan fingerprint density at radius 3 is 2.11 bits per heavy atom. The van der Waals surface area contributed by atoms with Crippen molar-refractivity contribution in [1.29, 1.82) is 0 Å². The van der Waals surface area contributed by atoms with E-state index in [2.05, 4.69) is 26.8 Å². The third kappa shape index (κ3) is 8.27. The van der Waals surface area contributed by atoms with Crippen LogP contribution in [0.4, 0.5) is 0 Å².